The maximum Gasteiger partial charge on any atom is 0.274 e. The van der Waals surface area contributed by atoms with Crippen molar-refractivity contribution in [1.82, 2.24) is 9.55 Å². The third-order valence-corrected chi connectivity index (χ3v) is 4.92. The summed E-state index contributed by atoms with van der Waals surface area (Å²) in [6, 6.07) is 5.47. The largest absolute Gasteiger partial charge is 0.485 e. The predicted octanol–water partition coefficient (Wildman–Crippen LogP) is 3.07. The highest BCUT2D eigenvalue weighted by Gasteiger charge is 2.34. The summed E-state index contributed by atoms with van der Waals surface area (Å²) in [5.74, 6) is 1.33. The lowest BCUT2D eigenvalue weighted by Crippen LogP contribution is -2.35. The number of ether oxygens (including phenoxy) is 1. The van der Waals surface area contributed by atoms with Gasteiger partial charge >= 0.3 is 0 Å². The summed E-state index contributed by atoms with van der Waals surface area (Å²) in [7, 11) is 0. The Bertz CT molecular complexity index is 825. The van der Waals surface area contributed by atoms with E-state index in [4.69, 9.17) is 4.74 Å². The minimum absolute atomic E-state index is 0.199. The van der Waals surface area contributed by atoms with Gasteiger partial charge in [-0.3, -0.25) is 4.79 Å². The standard InChI is InChI=1S/C19H23N3O3/c1-19(2)10-15(23)12-6-5-7-13(17(12)25-19)21-18(24)14-11-20-16-8-3-4-9-22(14)16/h5-7,11,15,23H,3-4,8-10H2,1-2H3,(H,21,24)/t15-/m0/s1. The second kappa shape index (κ2) is 5.88. The Labute approximate surface area is 146 Å². The van der Waals surface area contributed by atoms with E-state index >= 15 is 0 Å². The molecule has 0 bridgehead atoms. The number of aryl methyl sites for hydroxylation is 1. The number of aliphatic hydroxyl groups excluding tert-OH is 1. The molecule has 4 rings (SSSR count). The summed E-state index contributed by atoms with van der Waals surface area (Å²) in [4.78, 5) is 17.2. The summed E-state index contributed by atoms with van der Waals surface area (Å²) < 4.78 is 8.05. The van der Waals surface area contributed by atoms with Gasteiger partial charge in [-0.1, -0.05) is 12.1 Å². The van der Waals surface area contributed by atoms with Crippen LogP contribution in [0.2, 0.25) is 0 Å². The van der Waals surface area contributed by atoms with Crippen LogP contribution in [0.3, 0.4) is 0 Å². The van der Waals surface area contributed by atoms with Crippen LogP contribution in [-0.2, 0) is 13.0 Å². The number of nitrogens with zero attached hydrogens (tertiary/aromatic N) is 2. The molecule has 0 saturated heterocycles. The molecule has 0 aliphatic carbocycles. The highest BCUT2D eigenvalue weighted by Crippen LogP contribution is 2.43. The van der Waals surface area contributed by atoms with Crippen molar-refractivity contribution in [2.45, 2.75) is 57.8 Å². The van der Waals surface area contributed by atoms with Gasteiger partial charge in [-0.25, -0.2) is 4.98 Å². The highest BCUT2D eigenvalue weighted by atomic mass is 16.5. The van der Waals surface area contributed by atoms with Gasteiger partial charge in [-0.2, -0.15) is 0 Å². The van der Waals surface area contributed by atoms with Crippen LogP contribution in [0, 0.1) is 0 Å². The number of carbonyl (C=O) groups excluding carboxylic acids is 1. The van der Waals surface area contributed by atoms with Crippen LogP contribution in [0.1, 0.15) is 61.1 Å². The summed E-state index contributed by atoms with van der Waals surface area (Å²) in [6.07, 6.45) is 4.66. The monoisotopic (exact) mass is 341 g/mol. The number of anilines is 1. The number of imidazole rings is 1. The van der Waals surface area contributed by atoms with Crippen LogP contribution < -0.4 is 10.1 Å². The van der Waals surface area contributed by atoms with Gasteiger partial charge in [0.1, 0.15) is 22.9 Å². The summed E-state index contributed by atoms with van der Waals surface area (Å²) in [5, 5.41) is 13.3. The maximum atomic E-state index is 12.8. The van der Waals surface area contributed by atoms with Crippen LogP contribution in [0.4, 0.5) is 5.69 Å². The molecule has 0 saturated carbocycles. The van der Waals surface area contributed by atoms with Gasteiger partial charge in [0.05, 0.1) is 18.0 Å². The first-order chi connectivity index (χ1) is 11.9. The summed E-state index contributed by atoms with van der Waals surface area (Å²) in [5.41, 5.74) is 1.39. The molecule has 25 heavy (non-hydrogen) atoms. The van der Waals surface area contributed by atoms with Crippen molar-refractivity contribution in [2.24, 2.45) is 0 Å². The molecule has 0 radical (unpaired) electrons. The van der Waals surface area contributed by atoms with E-state index in [0.29, 0.717) is 29.1 Å². The zero-order valence-corrected chi connectivity index (χ0v) is 14.6. The molecule has 2 aliphatic rings. The van der Waals surface area contributed by atoms with E-state index in [9.17, 15) is 9.90 Å². The second-order valence-corrected chi connectivity index (χ2v) is 7.43. The number of aromatic nitrogens is 2. The van der Waals surface area contributed by atoms with Gasteiger partial charge < -0.3 is 19.7 Å². The third-order valence-electron chi connectivity index (χ3n) is 4.92. The normalized spacial score (nSPS) is 21.0. The number of para-hydroxylation sites is 1. The van der Waals surface area contributed by atoms with Crippen LogP contribution >= 0.6 is 0 Å². The Morgan fingerprint density at radius 3 is 3.08 bits per heavy atom. The molecule has 2 aliphatic heterocycles. The number of rotatable bonds is 2. The van der Waals surface area contributed by atoms with Gasteiger partial charge in [0, 0.05) is 24.9 Å². The van der Waals surface area contributed by atoms with Gasteiger partial charge in [0.25, 0.3) is 5.91 Å². The number of aliphatic hydroxyl groups is 1. The molecule has 6 heteroatoms. The average Bonchev–Trinajstić information content (AvgIpc) is 2.99. The number of amides is 1. The molecule has 132 valence electrons. The molecule has 1 aromatic carbocycles. The minimum atomic E-state index is -0.599. The lowest BCUT2D eigenvalue weighted by molar-refractivity contribution is 0.0121. The quantitative estimate of drug-likeness (QED) is 0.880. The van der Waals surface area contributed by atoms with Crippen molar-refractivity contribution in [3.8, 4) is 5.75 Å². The Morgan fingerprint density at radius 2 is 2.24 bits per heavy atom. The first-order valence-corrected chi connectivity index (χ1v) is 8.80. The van der Waals surface area contributed by atoms with Crippen molar-refractivity contribution in [3.05, 3.63) is 41.5 Å². The highest BCUT2D eigenvalue weighted by molar-refractivity contribution is 6.04. The Kier molecular flexibility index (Phi) is 3.80. The fourth-order valence-electron chi connectivity index (χ4n) is 3.71. The topological polar surface area (TPSA) is 76.4 Å². The van der Waals surface area contributed by atoms with Crippen LogP contribution in [0.5, 0.6) is 5.75 Å². The lowest BCUT2D eigenvalue weighted by Gasteiger charge is -2.36. The molecule has 0 unspecified atom stereocenters. The molecule has 0 fully saturated rings. The molecule has 1 aromatic heterocycles. The Morgan fingerprint density at radius 1 is 1.40 bits per heavy atom. The maximum absolute atomic E-state index is 12.8. The second-order valence-electron chi connectivity index (χ2n) is 7.43. The van der Waals surface area contributed by atoms with Crippen LogP contribution in [0.15, 0.2) is 24.4 Å². The van der Waals surface area contributed by atoms with Crippen LogP contribution in [-0.4, -0.2) is 26.2 Å². The molecular formula is C19H23N3O3. The van der Waals surface area contributed by atoms with Crippen molar-refractivity contribution >= 4 is 11.6 Å². The van der Waals surface area contributed by atoms with E-state index in [2.05, 4.69) is 10.3 Å². The molecule has 1 atom stereocenters. The lowest BCUT2D eigenvalue weighted by atomic mass is 9.91. The fraction of sp³-hybridized carbons (Fsp3) is 0.474. The molecular weight excluding hydrogens is 318 g/mol. The zero-order valence-electron chi connectivity index (χ0n) is 14.6. The predicted molar refractivity (Wildman–Crippen MR) is 93.8 cm³/mol. The number of benzene rings is 1. The fourth-order valence-corrected chi connectivity index (χ4v) is 3.71. The van der Waals surface area contributed by atoms with Gasteiger partial charge in [-0.15, -0.1) is 0 Å². The molecule has 6 nitrogen and oxygen atoms in total. The number of hydrogen-bond acceptors (Lipinski definition) is 4. The summed E-state index contributed by atoms with van der Waals surface area (Å²) in [6.45, 7) is 4.70. The van der Waals surface area contributed by atoms with Crippen molar-refractivity contribution in [2.75, 3.05) is 5.32 Å². The Balaban J connectivity index is 1.65. The van der Waals surface area contributed by atoms with E-state index in [-0.39, 0.29) is 5.91 Å². The SMILES string of the molecule is CC1(C)C[C@H](O)c2cccc(NC(=O)c3cnc4n3CCCC4)c2O1. The number of nitrogens with one attached hydrogen (secondary N) is 1. The first kappa shape index (κ1) is 16.1. The van der Waals surface area contributed by atoms with Crippen molar-refractivity contribution in [3.63, 3.8) is 0 Å². The molecule has 2 aromatic rings. The van der Waals surface area contributed by atoms with Crippen LogP contribution in [0.25, 0.3) is 0 Å². The van der Waals surface area contributed by atoms with Gasteiger partial charge in [-0.05, 0) is 32.8 Å². The minimum Gasteiger partial charge on any atom is -0.485 e. The van der Waals surface area contributed by atoms with Gasteiger partial charge in [0.2, 0.25) is 0 Å². The van der Waals surface area contributed by atoms with E-state index in [1.807, 2.05) is 30.5 Å². The third kappa shape index (κ3) is 2.91. The Hall–Kier alpha value is -2.34. The van der Waals surface area contributed by atoms with E-state index in [0.717, 1.165) is 31.6 Å². The molecule has 1 amide bonds. The average molecular weight is 341 g/mol. The number of fused-ring (bicyclic) bond motifs is 2. The number of hydrogen-bond donors (Lipinski definition) is 2. The molecule has 2 N–H and O–H groups in total. The van der Waals surface area contributed by atoms with Crippen molar-refractivity contribution < 1.29 is 14.6 Å². The van der Waals surface area contributed by atoms with E-state index < -0.39 is 11.7 Å². The molecule has 3 heterocycles. The van der Waals surface area contributed by atoms with Crippen molar-refractivity contribution in [1.29, 1.82) is 0 Å². The van der Waals surface area contributed by atoms with Gasteiger partial charge in [0.15, 0.2) is 0 Å². The first-order valence-electron chi connectivity index (χ1n) is 8.80. The smallest absolute Gasteiger partial charge is 0.274 e. The summed E-state index contributed by atoms with van der Waals surface area (Å²) >= 11 is 0. The van der Waals surface area contributed by atoms with E-state index in [1.165, 1.54) is 0 Å². The zero-order chi connectivity index (χ0) is 17.6. The molecule has 0 spiro atoms. The number of carbonyl (C=O) groups is 1. The van der Waals surface area contributed by atoms with E-state index in [1.54, 1.807) is 12.3 Å².